The number of hydrogen-bond donors (Lipinski definition) is 3. The van der Waals surface area contributed by atoms with Gasteiger partial charge in [-0.25, -0.2) is 9.18 Å². The lowest BCUT2D eigenvalue weighted by molar-refractivity contribution is -0.137. The first kappa shape index (κ1) is 23.0. The fraction of sp³-hybridized carbons (Fsp3) is 0.300. The standard InChI is InChI=1S/C20H18F4N2O4S/c1-2-30-12(8-27)9-31-17-15(10-3-5-11(21)6-4-10)14(20(22,23)24)7-13-16(17)25-19(29)26-18(13)28/h3-7,12,27H,2,8-9H2,1H3,(H2,25,26,28,29)/t12-/m0/s1. The maximum atomic E-state index is 14.0. The molecule has 166 valence electrons. The highest BCUT2D eigenvalue weighted by atomic mass is 32.2. The van der Waals surface area contributed by atoms with E-state index >= 15 is 0 Å². The van der Waals surface area contributed by atoms with Crippen molar-refractivity contribution in [3.05, 3.63) is 62.6 Å². The highest BCUT2D eigenvalue weighted by Crippen LogP contribution is 2.45. The van der Waals surface area contributed by atoms with Crippen molar-refractivity contribution in [3.63, 3.8) is 0 Å². The summed E-state index contributed by atoms with van der Waals surface area (Å²) in [5.41, 5.74) is -3.30. The van der Waals surface area contributed by atoms with Gasteiger partial charge in [0.15, 0.2) is 0 Å². The highest BCUT2D eigenvalue weighted by Gasteiger charge is 2.36. The Labute approximate surface area is 177 Å². The van der Waals surface area contributed by atoms with E-state index in [1.807, 2.05) is 4.98 Å². The Hall–Kier alpha value is -2.63. The summed E-state index contributed by atoms with van der Waals surface area (Å²) in [6.07, 6.45) is -5.53. The lowest BCUT2D eigenvalue weighted by Gasteiger charge is -2.21. The fourth-order valence-corrected chi connectivity index (χ4v) is 4.34. The zero-order chi connectivity index (χ0) is 22.8. The number of alkyl halides is 3. The molecule has 0 saturated heterocycles. The maximum absolute atomic E-state index is 14.0. The number of rotatable bonds is 7. The van der Waals surface area contributed by atoms with E-state index in [9.17, 15) is 32.3 Å². The normalized spacial score (nSPS) is 13.0. The number of ether oxygens (including phenoxy) is 1. The minimum atomic E-state index is -4.84. The summed E-state index contributed by atoms with van der Waals surface area (Å²) in [6.45, 7) is 1.60. The molecule has 0 amide bonds. The molecule has 0 spiro atoms. The average molecular weight is 458 g/mol. The SMILES string of the molecule is CCO[C@@H](CO)CSc1c(-c2ccc(F)cc2)c(C(F)(F)F)cc2c(=O)[nH]c(=O)[nH]c12. The van der Waals surface area contributed by atoms with E-state index in [0.717, 1.165) is 23.9 Å². The van der Waals surface area contributed by atoms with Gasteiger partial charge in [-0.05, 0) is 30.7 Å². The average Bonchev–Trinajstić information content (AvgIpc) is 2.70. The molecule has 0 aliphatic heterocycles. The van der Waals surface area contributed by atoms with Crippen LogP contribution >= 0.6 is 11.8 Å². The third kappa shape index (κ3) is 5.00. The molecule has 6 nitrogen and oxygen atoms in total. The predicted octanol–water partition coefficient (Wildman–Crippen LogP) is 3.53. The molecular weight excluding hydrogens is 440 g/mol. The summed E-state index contributed by atoms with van der Waals surface area (Å²) in [6, 6.07) is 5.08. The Morgan fingerprint density at radius 3 is 2.42 bits per heavy atom. The topological polar surface area (TPSA) is 95.2 Å². The molecule has 0 fully saturated rings. The van der Waals surface area contributed by atoms with Crippen LogP contribution in [0.2, 0.25) is 0 Å². The number of H-pyrrole nitrogens is 2. The second kappa shape index (κ2) is 9.25. The molecule has 1 heterocycles. The van der Waals surface area contributed by atoms with Crippen LogP contribution in [0.3, 0.4) is 0 Å². The zero-order valence-corrected chi connectivity index (χ0v) is 17.0. The van der Waals surface area contributed by atoms with E-state index in [1.165, 1.54) is 12.1 Å². The number of aromatic amines is 2. The van der Waals surface area contributed by atoms with Crippen LogP contribution in [0, 0.1) is 5.82 Å². The van der Waals surface area contributed by atoms with Gasteiger partial charge in [0.05, 0.1) is 29.2 Å². The summed E-state index contributed by atoms with van der Waals surface area (Å²) in [7, 11) is 0. The van der Waals surface area contributed by atoms with Crippen molar-refractivity contribution < 1.29 is 27.4 Å². The largest absolute Gasteiger partial charge is 0.417 e. The molecule has 0 bridgehead atoms. The van der Waals surface area contributed by atoms with Crippen LogP contribution in [0.25, 0.3) is 22.0 Å². The van der Waals surface area contributed by atoms with E-state index in [-0.39, 0.29) is 45.9 Å². The van der Waals surface area contributed by atoms with E-state index in [0.29, 0.717) is 6.07 Å². The van der Waals surface area contributed by atoms with Gasteiger partial charge in [0.2, 0.25) is 0 Å². The Bertz CT molecular complexity index is 1190. The molecule has 1 aromatic heterocycles. The molecule has 0 unspecified atom stereocenters. The number of fused-ring (bicyclic) bond motifs is 1. The van der Waals surface area contributed by atoms with Gasteiger partial charge in [-0.15, -0.1) is 11.8 Å². The van der Waals surface area contributed by atoms with E-state index in [2.05, 4.69) is 4.98 Å². The zero-order valence-electron chi connectivity index (χ0n) is 16.2. The summed E-state index contributed by atoms with van der Waals surface area (Å²) in [5, 5.41) is 9.11. The van der Waals surface area contributed by atoms with Crippen molar-refractivity contribution >= 4 is 22.7 Å². The third-order valence-electron chi connectivity index (χ3n) is 4.45. The quantitative estimate of drug-likeness (QED) is 0.372. The van der Waals surface area contributed by atoms with Crippen LogP contribution < -0.4 is 11.2 Å². The predicted molar refractivity (Wildman–Crippen MR) is 109 cm³/mol. The van der Waals surface area contributed by atoms with Gasteiger partial charge < -0.3 is 14.8 Å². The molecule has 0 saturated carbocycles. The summed E-state index contributed by atoms with van der Waals surface area (Å²) in [4.78, 5) is 28.4. The number of aromatic nitrogens is 2. The van der Waals surface area contributed by atoms with Crippen LogP contribution in [0.4, 0.5) is 17.6 Å². The van der Waals surface area contributed by atoms with Crippen LogP contribution in [-0.4, -0.2) is 40.1 Å². The lowest BCUT2D eigenvalue weighted by atomic mass is 9.97. The van der Waals surface area contributed by atoms with Gasteiger partial charge in [0.25, 0.3) is 5.56 Å². The van der Waals surface area contributed by atoms with Crippen molar-refractivity contribution in [2.75, 3.05) is 19.0 Å². The number of aliphatic hydroxyl groups is 1. The maximum Gasteiger partial charge on any atom is 0.417 e. The monoisotopic (exact) mass is 458 g/mol. The van der Waals surface area contributed by atoms with Crippen molar-refractivity contribution in [1.29, 1.82) is 0 Å². The van der Waals surface area contributed by atoms with E-state index in [1.54, 1.807) is 6.92 Å². The van der Waals surface area contributed by atoms with Crippen LogP contribution in [0.1, 0.15) is 12.5 Å². The van der Waals surface area contributed by atoms with Gasteiger partial charge in [-0.2, -0.15) is 13.2 Å². The second-order valence-corrected chi connectivity index (χ2v) is 7.56. The molecule has 11 heteroatoms. The van der Waals surface area contributed by atoms with Gasteiger partial charge >= 0.3 is 11.9 Å². The van der Waals surface area contributed by atoms with Gasteiger partial charge in [-0.1, -0.05) is 12.1 Å². The Morgan fingerprint density at radius 1 is 1.16 bits per heavy atom. The number of aliphatic hydroxyl groups excluding tert-OH is 1. The van der Waals surface area contributed by atoms with Crippen LogP contribution in [0.15, 0.2) is 44.8 Å². The van der Waals surface area contributed by atoms with Crippen molar-refractivity contribution in [1.82, 2.24) is 9.97 Å². The molecule has 3 N–H and O–H groups in total. The summed E-state index contributed by atoms with van der Waals surface area (Å²) in [5.74, 6) is -0.585. The van der Waals surface area contributed by atoms with Gasteiger partial charge in [0.1, 0.15) is 5.82 Å². The fourth-order valence-electron chi connectivity index (χ4n) is 3.11. The first-order valence-electron chi connectivity index (χ1n) is 9.17. The van der Waals surface area contributed by atoms with Crippen molar-refractivity contribution in [3.8, 4) is 11.1 Å². The minimum Gasteiger partial charge on any atom is -0.394 e. The van der Waals surface area contributed by atoms with E-state index in [4.69, 9.17) is 4.74 Å². The molecule has 31 heavy (non-hydrogen) atoms. The number of halogens is 4. The minimum absolute atomic E-state index is 0.0298. The molecule has 0 aliphatic carbocycles. The molecular formula is C20H18F4N2O4S. The number of thioether (sulfide) groups is 1. The number of nitrogens with one attached hydrogen (secondary N) is 2. The van der Waals surface area contributed by atoms with Gasteiger partial charge in [-0.3, -0.25) is 9.78 Å². The van der Waals surface area contributed by atoms with Crippen LogP contribution in [-0.2, 0) is 10.9 Å². The molecule has 3 aromatic rings. The van der Waals surface area contributed by atoms with Crippen molar-refractivity contribution in [2.45, 2.75) is 24.1 Å². The highest BCUT2D eigenvalue weighted by molar-refractivity contribution is 7.99. The summed E-state index contributed by atoms with van der Waals surface area (Å²) >= 11 is 0.894. The van der Waals surface area contributed by atoms with Crippen molar-refractivity contribution in [2.24, 2.45) is 0 Å². The van der Waals surface area contributed by atoms with E-state index < -0.39 is 34.9 Å². The lowest BCUT2D eigenvalue weighted by Crippen LogP contribution is -2.24. The van der Waals surface area contributed by atoms with Gasteiger partial charge in [0, 0.05) is 22.8 Å². The second-order valence-electron chi connectivity index (χ2n) is 6.53. The first-order valence-corrected chi connectivity index (χ1v) is 10.2. The Morgan fingerprint density at radius 2 is 1.84 bits per heavy atom. The number of benzene rings is 2. The Balaban J connectivity index is 2.36. The smallest absolute Gasteiger partial charge is 0.394 e. The Kier molecular flexibility index (Phi) is 6.87. The molecule has 0 aliphatic rings. The molecule has 1 atom stereocenters. The summed E-state index contributed by atoms with van der Waals surface area (Å²) < 4.78 is 60.7. The third-order valence-corrected chi connectivity index (χ3v) is 5.68. The molecule has 2 aromatic carbocycles. The first-order chi connectivity index (χ1) is 14.7. The number of hydrogen-bond acceptors (Lipinski definition) is 5. The molecule has 3 rings (SSSR count). The molecule has 0 radical (unpaired) electrons. The van der Waals surface area contributed by atoms with Crippen LogP contribution in [0.5, 0.6) is 0 Å².